The van der Waals surface area contributed by atoms with Gasteiger partial charge in [0.2, 0.25) is 0 Å². The largest absolute Gasteiger partial charge is 0.333 e. The zero-order chi connectivity index (χ0) is 50.8. The van der Waals surface area contributed by atoms with E-state index in [0.29, 0.717) is 48.4 Å². The van der Waals surface area contributed by atoms with E-state index >= 15 is 4.39 Å². The van der Waals surface area contributed by atoms with Crippen LogP contribution in [-0.4, -0.2) is 22.6 Å². The molecule has 1 radical (unpaired) electrons. The molecule has 0 aliphatic heterocycles. The molecule has 6 aromatic carbocycles. The summed E-state index contributed by atoms with van der Waals surface area (Å²) in [5.41, 5.74) is 9.35. The third kappa shape index (κ3) is 9.48. The molecule has 9 rings (SSSR count). The molecule has 0 saturated carbocycles. The first-order valence-corrected chi connectivity index (χ1v) is 25.7. The summed E-state index contributed by atoms with van der Waals surface area (Å²) in [6, 6.07) is 37.5. The molecule has 3 heterocycles. The first-order chi connectivity index (χ1) is 32.9. The van der Waals surface area contributed by atoms with E-state index in [1.807, 2.05) is 38.1 Å². The van der Waals surface area contributed by atoms with Gasteiger partial charge in [0.25, 0.3) is 0 Å². The molecule has 0 amide bonds. The van der Waals surface area contributed by atoms with Gasteiger partial charge in [0.1, 0.15) is 5.82 Å². The van der Waals surface area contributed by atoms with Crippen LogP contribution in [0.1, 0.15) is 85.2 Å². The summed E-state index contributed by atoms with van der Waals surface area (Å²) in [5, 5.41) is 2.10. The summed E-state index contributed by atoms with van der Waals surface area (Å²) in [5.74, 6) is 0.184. The Morgan fingerprint density at radius 3 is 2.20 bits per heavy atom. The van der Waals surface area contributed by atoms with Crippen molar-refractivity contribution in [2.24, 2.45) is 5.92 Å². The Hall–Kier alpha value is -5.11. The number of thiophene rings is 1. The minimum absolute atomic E-state index is 0. The smallest absolute Gasteiger partial charge is 0.124 e. The summed E-state index contributed by atoms with van der Waals surface area (Å²) in [6.07, 6.45) is 0.120. The van der Waals surface area contributed by atoms with Gasteiger partial charge in [-0.2, -0.15) is 11.3 Å². The predicted molar refractivity (Wildman–Crippen MR) is 267 cm³/mol. The van der Waals surface area contributed by atoms with Gasteiger partial charge in [0, 0.05) is 52.1 Å². The number of hydrogen-bond acceptors (Lipinski definition) is 3. The van der Waals surface area contributed by atoms with Gasteiger partial charge >= 0.3 is 0 Å². The Balaban J connectivity index is 0.000000224. The molecule has 0 unspecified atom stereocenters. The van der Waals surface area contributed by atoms with Gasteiger partial charge in [-0.1, -0.05) is 134 Å². The first-order valence-electron chi connectivity index (χ1n) is 24.9. The van der Waals surface area contributed by atoms with Gasteiger partial charge in [-0.05, 0) is 109 Å². The fourth-order valence-corrected chi connectivity index (χ4v) is 10.7. The molecule has 0 atom stereocenters. The fourth-order valence-electron chi connectivity index (χ4n) is 8.07. The van der Waals surface area contributed by atoms with Gasteiger partial charge in [-0.3, -0.25) is 9.37 Å². The molecule has 9 aromatic rings. The Morgan fingerprint density at radius 2 is 1.55 bits per heavy atom. The Morgan fingerprint density at radius 1 is 0.844 bits per heavy atom. The molecule has 8 heteroatoms. The Labute approximate surface area is 405 Å². The van der Waals surface area contributed by atoms with Crippen LogP contribution in [0.3, 0.4) is 0 Å². The molecule has 0 fully saturated rings. The number of para-hydroxylation sites is 2. The van der Waals surface area contributed by atoms with Crippen molar-refractivity contribution in [2.75, 3.05) is 0 Å². The molecule has 329 valence electrons. The second-order valence-electron chi connectivity index (χ2n) is 17.9. The summed E-state index contributed by atoms with van der Waals surface area (Å²) >= 11 is 1.38. The van der Waals surface area contributed by atoms with Gasteiger partial charge in [-0.25, -0.2) is 4.39 Å². The van der Waals surface area contributed by atoms with Crippen molar-refractivity contribution >= 4 is 55.8 Å². The van der Waals surface area contributed by atoms with Crippen molar-refractivity contribution in [3.05, 3.63) is 167 Å². The molecular formula is C56H55F2IrN3SSi-2. The maximum absolute atomic E-state index is 15.4. The van der Waals surface area contributed by atoms with Gasteiger partial charge in [0.05, 0.1) is 24.9 Å². The molecule has 0 spiro atoms. The average molecular weight is 1070 g/mol. The van der Waals surface area contributed by atoms with Crippen molar-refractivity contribution in [1.29, 1.82) is 0 Å². The van der Waals surface area contributed by atoms with Crippen molar-refractivity contribution in [2.45, 2.75) is 86.2 Å². The summed E-state index contributed by atoms with van der Waals surface area (Å²) in [7, 11) is -1.87. The molecule has 0 bridgehead atoms. The number of imidazole rings is 1. The summed E-state index contributed by atoms with van der Waals surface area (Å²) in [6.45, 7) is 16.4. The van der Waals surface area contributed by atoms with Crippen LogP contribution in [0, 0.1) is 36.5 Å². The zero-order valence-electron chi connectivity index (χ0n) is 44.5. The SMILES string of the molecule is CC(C)c1cc(-c2ccccc2)cc(C(C)C)c1-n1c(-c2[c-]cc(F)c3c2sc2cc(F)ccc23)nc2ccccc21.[2H]c1[c-]c(-c2cc(C([2H])([2H])C(C)C)c([Si](C)(C)C)cn2)cc([2H])c1C([2H])([2H])[2H].[Ir]. The third-order valence-electron chi connectivity index (χ3n) is 11.1. The van der Waals surface area contributed by atoms with Crippen LogP contribution in [-0.2, 0) is 26.5 Å². The standard InChI is InChI=1S/C37H29F2N2S.C19H26NSi.Ir/c1-21(2)28-18-24(23-10-6-5-7-11-23)19-29(22(3)4)35(28)41-32-13-9-8-12-31(32)40-37(41)27-16-17-30(39)34-26-15-14-25(38)20-33(26)42-36(27)34;1-14(2)11-17-12-18(16-9-7-15(3)8-10-16)20-13-19(17)21(4,5)6;/h5-15,17-22H,1-4H3;7-9,12-14H,11H2,1-6H3;/q2*-1;/i;3D3,7D,8D,11D2;. The molecular weight excluding hydrogens is 1010 g/mol. The van der Waals surface area contributed by atoms with E-state index in [1.165, 1.54) is 57.9 Å². The normalized spacial score (nSPS) is 13.8. The predicted octanol–water partition coefficient (Wildman–Crippen LogP) is 15.7. The number of pyridine rings is 1. The number of halogens is 2. The van der Waals surface area contributed by atoms with E-state index < -0.39 is 21.3 Å². The third-order valence-corrected chi connectivity index (χ3v) is 14.3. The monoisotopic (exact) mass is 1070 g/mol. The van der Waals surface area contributed by atoms with Crippen LogP contribution in [0.4, 0.5) is 8.78 Å². The molecule has 3 nitrogen and oxygen atoms in total. The van der Waals surface area contributed by atoms with Crippen molar-refractivity contribution in [3.63, 3.8) is 0 Å². The van der Waals surface area contributed by atoms with Gasteiger partial charge < -0.3 is 9.55 Å². The van der Waals surface area contributed by atoms with Crippen molar-refractivity contribution in [3.8, 4) is 39.5 Å². The number of nitrogens with zero attached hydrogens (tertiary/aromatic N) is 3. The van der Waals surface area contributed by atoms with Gasteiger partial charge in [-0.15, -0.1) is 47.5 Å². The summed E-state index contributed by atoms with van der Waals surface area (Å²) < 4.78 is 89.0. The van der Waals surface area contributed by atoms with Crippen LogP contribution in [0.2, 0.25) is 19.6 Å². The number of hydrogen-bond donors (Lipinski definition) is 0. The Bertz CT molecular complexity index is 3380. The van der Waals surface area contributed by atoms with E-state index in [9.17, 15) is 4.39 Å². The van der Waals surface area contributed by atoms with Crippen molar-refractivity contribution < 1.29 is 38.5 Å². The van der Waals surface area contributed by atoms with E-state index in [2.05, 4.69) is 111 Å². The quantitative estimate of drug-likeness (QED) is 0.107. The van der Waals surface area contributed by atoms with Crippen LogP contribution < -0.4 is 5.19 Å². The first kappa shape index (κ1) is 38.2. The number of fused-ring (bicyclic) bond motifs is 4. The van der Waals surface area contributed by atoms with E-state index in [1.54, 1.807) is 18.3 Å². The van der Waals surface area contributed by atoms with Crippen LogP contribution in [0.5, 0.6) is 0 Å². The maximum Gasteiger partial charge on any atom is 0.124 e. The molecule has 3 aromatic heterocycles. The van der Waals surface area contributed by atoms with Crippen molar-refractivity contribution in [1.82, 2.24) is 14.5 Å². The Kier molecular flexibility index (Phi) is 11.4. The van der Waals surface area contributed by atoms with Gasteiger partial charge in [0.15, 0.2) is 0 Å². The van der Waals surface area contributed by atoms with Crippen LogP contribution in [0.25, 0.3) is 70.7 Å². The van der Waals surface area contributed by atoms with E-state index in [4.69, 9.17) is 14.6 Å². The number of rotatable bonds is 9. The fraction of sp³-hybridized carbons (Fsp3) is 0.250. The van der Waals surface area contributed by atoms with E-state index in [0.717, 1.165) is 21.9 Å². The second kappa shape index (κ2) is 19.2. The second-order valence-corrected chi connectivity index (χ2v) is 24.0. The van der Waals surface area contributed by atoms with E-state index in [-0.39, 0.29) is 67.1 Å². The van der Waals surface area contributed by atoms with Crippen LogP contribution >= 0.6 is 11.3 Å². The minimum Gasteiger partial charge on any atom is -0.333 e. The summed E-state index contributed by atoms with van der Waals surface area (Å²) in [4.78, 5) is 9.60. The maximum atomic E-state index is 15.4. The molecule has 0 aliphatic rings. The number of benzene rings is 6. The molecule has 0 N–H and O–H groups in total. The van der Waals surface area contributed by atoms with Crippen LogP contribution in [0.15, 0.2) is 121 Å². The molecule has 0 aliphatic carbocycles. The number of aromatic nitrogens is 3. The molecule has 0 saturated heterocycles. The topological polar surface area (TPSA) is 30.7 Å². The zero-order valence-corrected chi connectivity index (χ0v) is 41.7. The molecule has 64 heavy (non-hydrogen) atoms. The minimum atomic E-state index is -2.56. The average Bonchev–Trinajstić information content (AvgIpc) is 3.87.